The second kappa shape index (κ2) is 6.98. The van der Waals surface area contributed by atoms with Gasteiger partial charge in [0.25, 0.3) is 0 Å². The van der Waals surface area contributed by atoms with E-state index in [0.717, 1.165) is 44.3 Å². The Morgan fingerprint density at radius 1 is 1.53 bits per heavy atom. The Labute approximate surface area is 114 Å². The standard InChI is InChI=1S/C15H23FN2O/c1-11-7-8-14(16)13(10-11)15(18-17)6-2-4-12-5-3-9-19-12/h7-8,10,12,15,18H,2-6,9,17H2,1H3. The first kappa shape index (κ1) is 14.4. The lowest BCUT2D eigenvalue weighted by molar-refractivity contribution is 0.101. The first-order valence-corrected chi connectivity index (χ1v) is 7.04. The van der Waals surface area contributed by atoms with E-state index in [0.29, 0.717) is 11.7 Å². The SMILES string of the molecule is Cc1ccc(F)c(C(CCCC2CCCO2)NN)c1. The molecule has 2 atom stereocenters. The van der Waals surface area contributed by atoms with Gasteiger partial charge in [-0.15, -0.1) is 0 Å². The second-order valence-electron chi connectivity index (χ2n) is 5.31. The molecule has 0 radical (unpaired) electrons. The number of ether oxygens (including phenoxy) is 1. The van der Waals surface area contributed by atoms with Crippen molar-refractivity contribution in [3.05, 3.63) is 35.1 Å². The number of hydrogen-bond acceptors (Lipinski definition) is 3. The van der Waals surface area contributed by atoms with Crippen LogP contribution in [0, 0.1) is 12.7 Å². The van der Waals surface area contributed by atoms with E-state index in [-0.39, 0.29) is 11.9 Å². The predicted octanol–water partition coefficient (Wildman–Crippen LogP) is 2.99. The number of nitrogens with one attached hydrogen (secondary N) is 1. The van der Waals surface area contributed by atoms with Crippen molar-refractivity contribution < 1.29 is 9.13 Å². The van der Waals surface area contributed by atoms with Gasteiger partial charge in [0.05, 0.1) is 6.10 Å². The van der Waals surface area contributed by atoms with Gasteiger partial charge in [0.1, 0.15) is 5.82 Å². The molecule has 1 aliphatic rings. The lowest BCUT2D eigenvalue weighted by atomic mass is 9.98. The molecular weight excluding hydrogens is 243 g/mol. The average molecular weight is 266 g/mol. The quantitative estimate of drug-likeness (QED) is 0.614. The average Bonchev–Trinajstić information content (AvgIpc) is 2.91. The third-order valence-electron chi connectivity index (χ3n) is 3.77. The smallest absolute Gasteiger partial charge is 0.128 e. The summed E-state index contributed by atoms with van der Waals surface area (Å²) in [6.07, 6.45) is 5.56. The van der Waals surface area contributed by atoms with E-state index in [4.69, 9.17) is 10.6 Å². The summed E-state index contributed by atoms with van der Waals surface area (Å²) in [5.41, 5.74) is 4.44. The number of rotatable bonds is 6. The van der Waals surface area contributed by atoms with Crippen LogP contribution in [0.1, 0.15) is 49.3 Å². The molecule has 106 valence electrons. The molecule has 1 fully saturated rings. The Kier molecular flexibility index (Phi) is 5.31. The summed E-state index contributed by atoms with van der Waals surface area (Å²) in [6, 6.07) is 5.03. The Hall–Kier alpha value is -0.970. The topological polar surface area (TPSA) is 47.3 Å². The molecule has 3 N–H and O–H groups in total. The molecule has 1 saturated heterocycles. The Bertz CT molecular complexity index is 405. The van der Waals surface area contributed by atoms with Crippen molar-refractivity contribution in [2.24, 2.45) is 5.84 Å². The van der Waals surface area contributed by atoms with Crippen molar-refractivity contribution in [1.82, 2.24) is 5.43 Å². The maximum atomic E-state index is 13.8. The van der Waals surface area contributed by atoms with Crippen molar-refractivity contribution in [2.45, 2.75) is 51.2 Å². The number of nitrogens with two attached hydrogens (primary N) is 1. The van der Waals surface area contributed by atoms with Crippen LogP contribution in [-0.4, -0.2) is 12.7 Å². The van der Waals surface area contributed by atoms with Crippen molar-refractivity contribution in [2.75, 3.05) is 6.61 Å². The minimum absolute atomic E-state index is 0.124. The summed E-state index contributed by atoms with van der Waals surface area (Å²) in [7, 11) is 0. The van der Waals surface area contributed by atoms with Crippen LogP contribution in [-0.2, 0) is 4.74 Å². The minimum Gasteiger partial charge on any atom is -0.378 e. The van der Waals surface area contributed by atoms with Gasteiger partial charge in [-0.25, -0.2) is 4.39 Å². The molecule has 0 aromatic heterocycles. The van der Waals surface area contributed by atoms with Gasteiger partial charge in [0.15, 0.2) is 0 Å². The second-order valence-corrected chi connectivity index (χ2v) is 5.31. The van der Waals surface area contributed by atoms with Gasteiger partial charge >= 0.3 is 0 Å². The molecule has 1 aliphatic heterocycles. The maximum Gasteiger partial charge on any atom is 0.128 e. The van der Waals surface area contributed by atoms with E-state index in [1.165, 1.54) is 6.07 Å². The molecule has 0 saturated carbocycles. The van der Waals surface area contributed by atoms with Crippen LogP contribution < -0.4 is 11.3 Å². The molecule has 4 heteroatoms. The zero-order valence-corrected chi connectivity index (χ0v) is 11.5. The zero-order chi connectivity index (χ0) is 13.7. The number of hydrogen-bond donors (Lipinski definition) is 2. The van der Waals surface area contributed by atoms with Crippen LogP contribution in [0.5, 0.6) is 0 Å². The van der Waals surface area contributed by atoms with E-state index in [1.54, 1.807) is 6.07 Å². The van der Waals surface area contributed by atoms with Crippen LogP contribution in [0.4, 0.5) is 4.39 Å². The molecule has 1 aromatic rings. The van der Waals surface area contributed by atoms with Crippen molar-refractivity contribution >= 4 is 0 Å². The maximum absolute atomic E-state index is 13.8. The molecule has 1 aromatic carbocycles. The highest BCUT2D eigenvalue weighted by Gasteiger charge is 2.18. The number of hydrazine groups is 1. The third-order valence-corrected chi connectivity index (χ3v) is 3.77. The van der Waals surface area contributed by atoms with E-state index in [1.807, 2.05) is 13.0 Å². The summed E-state index contributed by atoms with van der Waals surface area (Å²) in [5.74, 6) is 5.38. The van der Waals surface area contributed by atoms with Gasteiger partial charge < -0.3 is 4.74 Å². The summed E-state index contributed by atoms with van der Waals surface area (Å²) >= 11 is 0. The first-order valence-electron chi connectivity index (χ1n) is 7.04. The highest BCUT2D eigenvalue weighted by atomic mass is 19.1. The van der Waals surface area contributed by atoms with Crippen LogP contribution in [0.2, 0.25) is 0 Å². The van der Waals surface area contributed by atoms with Crippen molar-refractivity contribution in [1.29, 1.82) is 0 Å². The molecule has 2 unspecified atom stereocenters. The van der Waals surface area contributed by atoms with Gasteiger partial charge in [0, 0.05) is 18.2 Å². The normalized spacial score (nSPS) is 20.7. The molecule has 3 nitrogen and oxygen atoms in total. The highest BCUT2D eigenvalue weighted by Crippen LogP contribution is 2.25. The third kappa shape index (κ3) is 4.00. The van der Waals surface area contributed by atoms with E-state index in [9.17, 15) is 4.39 Å². The number of benzene rings is 1. The lowest BCUT2D eigenvalue weighted by Crippen LogP contribution is -2.29. The van der Waals surface area contributed by atoms with Gasteiger partial charge in [0.2, 0.25) is 0 Å². The summed E-state index contributed by atoms with van der Waals surface area (Å²) in [5, 5.41) is 0. The molecule has 2 rings (SSSR count). The largest absolute Gasteiger partial charge is 0.378 e. The molecule has 0 aliphatic carbocycles. The lowest BCUT2D eigenvalue weighted by Gasteiger charge is -2.18. The molecule has 1 heterocycles. The number of halogens is 1. The summed E-state index contributed by atoms with van der Waals surface area (Å²) in [4.78, 5) is 0. The molecule has 0 bridgehead atoms. The van der Waals surface area contributed by atoms with Gasteiger partial charge in [-0.3, -0.25) is 11.3 Å². The van der Waals surface area contributed by atoms with E-state index in [2.05, 4.69) is 5.43 Å². The minimum atomic E-state index is -0.189. The zero-order valence-electron chi connectivity index (χ0n) is 11.5. The van der Waals surface area contributed by atoms with Gasteiger partial charge in [-0.1, -0.05) is 17.7 Å². The van der Waals surface area contributed by atoms with Crippen LogP contribution in [0.15, 0.2) is 18.2 Å². The summed E-state index contributed by atoms with van der Waals surface area (Å²) in [6.45, 7) is 2.85. The fraction of sp³-hybridized carbons (Fsp3) is 0.600. The fourth-order valence-electron chi connectivity index (χ4n) is 2.68. The molecule has 19 heavy (non-hydrogen) atoms. The van der Waals surface area contributed by atoms with Gasteiger partial charge in [-0.05, 0) is 45.1 Å². The first-order chi connectivity index (χ1) is 9.20. The summed E-state index contributed by atoms with van der Waals surface area (Å²) < 4.78 is 19.4. The molecular formula is C15H23FN2O. The Morgan fingerprint density at radius 2 is 2.37 bits per heavy atom. The van der Waals surface area contributed by atoms with Gasteiger partial charge in [-0.2, -0.15) is 0 Å². The van der Waals surface area contributed by atoms with Crippen LogP contribution in [0.25, 0.3) is 0 Å². The van der Waals surface area contributed by atoms with Crippen molar-refractivity contribution in [3.63, 3.8) is 0 Å². The molecule has 0 spiro atoms. The van der Waals surface area contributed by atoms with Crippen molar-refractivity contribution in [3.8, 4) is 0 Å². The highest BCUT2D eigenvalue weighted by molar-refractivity contribution is 5.26. The van der Waals surface area contributed by atoms with E-state index < -0.39 is 0 Å². The predicted molar refractivity (Wildman–Crippen MR) is 74.0 cm³/mol. The van der Waals surface area contributed by atoms with E-state index >= 15 is 0 Å². The van der Waals surface area contributed by atoms with Crippen LogP contribution >= 0.6 is 0 Å². The van der Waals surface area contributed by atoms with Crippen LogP contribution in [0.3, 0.4) is 0 Å². The Morgan fingerprint density at radius 3 is 3.05 bits per heavy atom. The monoisotopic (exact) mass is 266 g/mol. The Balaban J connectivity index is 1.89. The fourth-order valence-corrected chi connectivity index (χ4v) is 2.68. The molecule has 0 amide bonds. The number of aryl methyl sites for hydroxylation is 1.